The van der Waals surface area contributed by atoms with E-state index in [-0.39, 0.29) is 12.5 Å². The molecule has 1 heterocycles. The van der Waals surface area contributed by atoms with E-state index in [1.54, 1.807) is 43.5 Å². The number of amides is 1. The van der Waals surface area contributed by atoms with Crippen LogP contribution in [0.1, 0.15) is 5.56 Å². The summed E-state index contributed by atoms with van der Waals surface area (Å²) in [7, 11) is 1.60. The third kappa shape index (κ3) is 5.65. The molecule has 0 aliphatic carbocycles. The first-order valence-corrected chi connectivity index (χ1v) is 11.6. The van der Waals surface area contributed by atoms with Crippen molar-refractivity contribution in [1.82, 2.24) is 20.3 Å². The zero-order chi connectivity index (χ0) is 24.2. The van der Waals surface area contributed by atoms with Gasteiger partial charge in [-0.3, -0.25) is 4.79 Å². The molecule has 1 amide bonds. The van der Waals surface area contributed by atoms with Crippen molar-refractivity contribution in [3.05, 3.63) is 86.3 Å². The molecule has 1 N–H and O–H groups in total. The van der Waals surface area contributed by atoms with Crippen molar-refractivity contribution in [3.63, 3.8) is 0 Å². The molecule has 0 unspecified atom stereocenters. The molecule has 4 aromatic rings. The predicted molar refractivity (Wildman–Crippen MR) is 136 cm³/mol. The lowest BCUT2D eigenvalue weighted by atomic mass is 10.0. The number of nitrogens with zero attached hydrogens (tertiary/aromatic N) is 3. The third-order valence-electron chi connectivity index (χ3n) is 4.96. The average Bonchev–Trinajstić information content (AvgIpc) is 3.21. The highest BCUT2D eigenvalue weighted by atomic mass is 35.5. The zero-order valence-corrected chi connectivity index (χ0v) is 20.9. The first kappa shape index (κ1) is 24.4. The van der Waals surface area contributed by atoms with Crippen LogP contribution in [0.4, 0.5) is 0 Å². The number of methoxy groups -OCH3 is 1. The topological polar surface area (TPSA) is 69.0 Å². The van der Waals surface area contributed by atoms with Crippen molar-refractivity contribution in [2.75, 3.05) is 7.11 Å². The summed E-state index contributed by atoms with van der Waals surface area (Å²) < 4.78 is 5.15. The maximum Gasteiger partial charge on any atom is 0.243 e. The van der Waals surface area contributed by atoms with Crippen molar-refractivity contribution < 1.29 is 9.53 Å². The number of nitrogens with one attached hydrogen (secondary N) is 1. The van der Waals surface area contributed by atoms with Gasteiger partial charge in [-0.15, -0.1) is 0 Å². The van der Waals surface area contributed by atoms with E-state index in [0.29, 0.717) is 49.2 Å². The lowest BCUT2D eigenvalue weighted by molar-refractivity contribution is -0.122. The molecular formula is C24H18Cl4N4O2. The molecule has 3 aromatic carbocycles. The van der Waals surface area contributed by atoms with Crippen LogP contribution in [0.3, 0.4) is 0 Å². The van der Waals surface area contributed by atoms with Crippen molar-refractivity contribution >= 4 is 52.3 Å². The molecule has 174 valence electrons. The summed E-state index contributed by atoms with van der Waals surface area (Å²) in [5.41, 5.74) is 3.08. The predicted octanol–water partition coefficient (Wildman–Crippen LogP) is 6.55. The molecule has 0 bridgehead atoms. The van der Waals surface area contributed by atoms with Gasteiger partial charge < -0.3 is 10.1 Å². The number of hydrogen-bond acceptors (Lipinski definition) is 4. The van der Waals surface area contributed by atoms with E-state index in [4.69, 9.17) is 51.1 Å². The SMILES string of the molecule is COc1ccc(CNC(=O)Cn2nc(-c3ccc(Cl)cc3Cl)c(-c3ccc(Cl)cc3Cl)n2)cc1. The molecule has 34 heavy (non-hydrogen) atoms. The highest BCUT2D eigenvalue weighted by molar-refractivity contribution is 6.37. The lowest BCUT2D eigenvalue weighted by Crippen LogP contribution is -2.28. The van der Waals surface area contributed by atoms with Gasteiger partial charge in [0, 0.05) is 27.7 Å². The summed E-state index contributed by atoms with van der Waals surface area (Å²) in [4.78, 5) is 13.9. The second-order valence-electron chi connectivity index (χ2n) is 7.30. The van der Waals surface area contributed by atoms with Gasteiger partial charge in [-0.2, -0.15) is 15.0 Å². The molecule has 0 radical (unpaired) electrons. The Hall–Kier alpha value is -2.77. The lowest BCUT2D eigenvalue weighted by Gasteiger charge is -2.06. The van der Waals surface area contributed by atoms with E-state index < -0.39 is 0 Å². The standard InChI is InChI=1S/C24H18Cl4N4O2/c1-34-17-6-2-14(3-7-17)12-29-22(33)13-32-30-23(18-8-4-15(25)10-20(18)27)24(31-32)19-9-5-16(26)11-21(19)28/h2-11H,12-13H2,1H3,(H,29,33). The van der Waals surface area contributed by atoms with E-state index >= 15 is 0 Å². The maximum atomic E-state index is 12.6. The molecule has 10 heteroatoms. The molecular weight excluding hydrogens is 518 g/mol. The van der Waals surface area contributed by atoms with E-state index in [1.807, 2.05) is 24.3 Å². The molecule has 1 aromatic heterocycles. The van der Waals surface area contributed by atoms with Gasteiger partial charge in [0.2, 0.25) is 5.91 Å². The Balaban J connectivity index is 1.61. The van der Waals surface area contributed by atoms with Gasteiger partial charge in [0.05, 0.1) is 17.2 Å². The summed E-state index contributed by atoms with van der Waals surface area (Å²) in [6.45, 7) is 0.259. The van der Waals surface area contributed by atoms with Crippen LogP contribution in [0.25, 0.3) is 22.5 Å². The molecule has 0 saturated carbocycles. The van der Waals surface area contributed by atoms with Crippen LogP contribution < -0.4 is 10.1 Å². The Morgan fingerprint density at radius 1 is 0.853 bits per heavy atom. The minimum Gasteiger partial charge on any atom is -0.497 e. The molecule has 0 saturated heterocycles. The third-order valence-corrected chi connectivity index (χ3v) is 6.06. The molecule has 0 fully saturated rings. The highest BCUT2D eigenvalue weighted by Gasteiger charge is 2.21. The fourth-order valence-corrected chi connectivity index (χ4v) is 4.27. The number of ether oxygens (including phenoxy) is 1. The Kier molecular flexibility index (Phi) is 7.63. The summed E-state index contributed by atoms with van der Waals surface area (Å²) in [6, 6.07) is 17.6. The van der Waals surface area contributed by atoms with Crippen molar-refractivity contribution in [2.24, 2.45) is 0 Å². The first-order chi connectivity index (χ1) is 16.3. The second kappa shape index (κ2) is 10.7. The molecule has 4 rings (SSSR count). The monoisotopic (exact) mass is 534 g/mol. The molecule has 0 spiro atoms. The maximum absolute atomic E-state index is 12.6. The summed E-state index contributed by atoms with van der Waals surface area (Å²) in [5.74, 6) is 0.492. The average molecular weight is 536 g/mol. The second-order valence-corrected chi connectivity index (χ2v) is 8.99. The van der Waals surface area contributed by atoms with Crippen LogP contribution in [-0.2, 0) is 17.9 Å². The normalized spacial score (nSPS) is 10.9. The number of carbonyl (C=O) groups excluding carboxylic acids is 1. The van der Waals surface area contributed by atoms with E-state index in [1.165, 1.54) is 4.80 Å². The number of aromatic nitrogens is 3. The first-order valence-electron chi connectivity index (χ1n) is 10.1. The van der Waals surface area contributed by atoms with Gasteiger partial charge in [-0.1, -0.05) is 58.5 Å². The number of carbonyl (C=O) groups is 1. The van der Waals surface area contributed by atoms with Crippen LogP contribution in [0.15, 0.2) is 60.7 Å². The molecule has 0 atom stereocenters. The quantitative estimate of drug-likeness (QED) is 0.291. The van der Waals surface area contributed by atoms with Crippen LogP contribution in [0.2, 0.25) is 20.1 Å². The number of hydrogen-bond donors (Lipinski definition) is 1. The van der Waals surface area contributed by atoms with E-state index in [0.717, 1.165) is 11.3 Å². The summed E-state index contributed by atoms with van der Waals surface area (Å²) in [6.07, 6.45) is 0. The van der Waals surface area contributed by atoms with Crippen LogP contribution >= 0.6 is 46.4 Å². The Bertz CT molecular complexity index is 1270. The summed E-state index contributed by atoms with van der Waals surface area (Å²) >= 11 is 25.0. The molecule has 6 nitrogen and oxygen atoms in total. The van der Waals surface area contributed by atoms with Crippen molar-refractivity contribution in [1.29, 1.82) is 0 Å². The van der Waals surface area contributed by atoms with E-state index in [2.05, 4.69) is 15.5 Å². The van der Waals surface area contributed by atoms with Crippen LogP contribution in [0, 0.1) is 0 Å². The van der Waals surface area contributed by atoms with Gasteiger partial charge in [0.25, 0.3) is 0 Å². The smallest absolute Gasteiger partial charge is 0.243 e. The largest absolute Gasteiger partial charge is 0.497 e. The van der Waals surface area contributed by atoms with Crippen molar-refractivity contribution in [3.8, 4) is 28.3 Å². The fraction of sp³-hybridized carbons (Fsp3) is 0.125. The van der Waals surface area contributed by atoms with Gasteiger partial charge in [-0.05, 0) is 54.1 Å². The number of benzene rings is 3. The molecule has 0 aliphatic rings. The highest BCUT2D eigenvalue weighted by Crippen LogP contribution is 2.38. The van der Waals surface area contributed by atoms with E-state index in [9.17, 15) is 4.79 Å². The zero-order valence-electron chi connectivity index (χ0n) is 17.9. The van der Waals surface area contributed by atoms with Gasteiger partial charge in [0.1, 0.15) is 23.7 Å². The summed E-state index contributed by atoms with van der Waals surface area (Å²) in [5, 5.41) is 13.7. The number of halogens is 4. The van der Waals surface area contributed by atoms with Gasteiger partial charge in [-0.25, -0.2) is 0 Å². The Labute approximate surface area is 216 Å². The Morgan fingerprint density at radius 3 is 1.85 bits per heavy atom. The van der Waals surface area contributed by atoms with Gasteiger partial charge >= 0.3 is 0 Å². The van der Waals surface area contributed by atoms with Crippen molar-refractivity contribution in [2.45, 2.75) is 13.1 Å². The minimum absolute atomic E-state index is 0.0976. The number of rotatable bonds is 7. The van der Waals surface area contributed by atoms with Crippen LogP contribution in [0.5, 0.6) is 5.75 Å². The molecule has 0 aliphatic heterocycles. The van der Waals surface area contributed by atoms with Gasteiger partial charge in [0.15, 0.2) is 0 Å². The minimum atomic E-state index is -0.256. The fourth-order valence-electron chi connectivity index (χ4n) is 3.27. The van der Waals surface area contributed by atoms with Crippen LogP contribution in [-0.4, -0.2) is 28.0 Å². The Morgan fingerprint density at radius 2 is 1.38 bits per heavy atom.